The van der Waals surface area contributed by atoms with Crippen LogP contribution in [0.5, 0.6) is 0 Å². The van der Waals surface area contributed by atoms with Crippen molar-refractivity contribution in [2.45, 2.75) is 44.8 Å². The molecule has 9 heteroatoms. The summed E-state index contributed by atoms with van der Waals surface area (Å²) >= 11 is 1.40. The number of hydrogen-bond acceptors (Lipinski definition) is 8. The lowest BCUT2D eigenvalue weighted by molar-refractivity contribution is -0.111. The molecule has 2 fully saturated rings. The van der Waals surface area contributed by atoms with E-state index in [1.807, 2.05) is 32.9 Å². The van der Waals surface area contributed by atoms with E-state index in [9.17, 15) is 14.4 Å². The second-order valence-electron chi connectivity index (χ2n) is 10.2. The van der Waals surface area contributed by atoms with Crippen LogP contribution < -0.4 is 4.90 Å². The van der Waals surface area contributed by atoms with Gasteiger partial charge in [-0.2, -0.15) is 0 Å². The van der Waals surface area contributed by atoms with Gasteiger partial charge in [0.15, 0.2) is 0 Å². The maximum Gasteiger partial charge on any atom is 0.410 e. The molecule has 0 aromatic heterocycles. The van der Waals surface area contributed by atoms with Gasteiger partial charge in [-0.15, -0.1) is 11.8 Å². The zero-order valence-electron chi connectivity index (χ0n) is 19.8. The second-order valence-corrected chi connectivity index (χ2v) is 11.2. The first-order valence-electron chi connectivity index (χ1n) is 11.8. The quantitative estimate of drug-likeness (QED) is 0.558. The Kier molecular flexibility index (Phi) is 5.88. The average molecular weight is 487 g/mol. The second kappa shape index (κ2) is 8.61. The highest BCUT2D eigenvalue weighted by Crippen LogP contribution is 2.48. The van der Waals surface area contributed by atoms with E-state index < -0.39 is 22.8 Å². The number of likely N-dealkylation sites (tertiary alicyclic amines) is 1. The fourth-order valence-electron chi connectivity index (χ4n) is 4.74. The number of ketones is 2. The highest BCUT2D eigenvalue weighted by molar-refractivity contribution is 8.04. The van der Waals surface area contributed by atoms with Crippen LogP contribution in [0.4, 0.5) is 10.5 Å². The van der Waals surface area contributed by atoms with Gasteiger partial charge in [-0.3, -0.25) is 9.59 Å². The van der Waals surface area contributed by atoms with E-state index in [1.54, 1.807) is 11.0 Å². The largest absolute Gasteiger partial charge is 0.484 e. The number of thioether (sulfide) groups is 1. The van der Waals surface area contributed by atoms with Crippen LogP contribution in [-0.2, 0) is 19.0 Å². The van der Waals surface area contributed by atoms with Crippen molar-refractivity contribution in [2.24, 2.45) is 0 Å². The predicted molar refractivity (Wildman–Crippen MR) is 129 cm³/mol. The van der Waals surface area contributed by atoms with Crippen molar-refractivity contribution < 1.29 is 28.6 Å². The normalized spacial score (nSPS) is 22.3. The summed E-state index contributed by atoms with van der Waals surface area (Å²) in [7, 11) is 0. The van der Waals surface area contributed by atoms with Crippen LogP contribution >= 0.6 is 11.8 Å². The average Bonchev–Trinajstić information content (AvgIpc) is 2.82. The summed E-state index contributed by atoms with van der Waals surface area (Å²) in [5.74, 6) is 0.115. The van der Waals surface area contributed by atoms with Crippen LogP contribution in [0.15, 0.2) is 23.1 Å². The number of benzene rings is 1. The third kappa shape index (κ3) is 4.31. The molecule has 2 saturated heterocycles. The number of rotatable bonds is 1. The molecule has 4 aliphatic rings. The number of amides is 1. The summed E-state index contributed by atoms with van der Waals surface area (Å²) in [6, 6.07) is 5.60. The summed E-state index contributed by atoms with van der Waals surface area (Å²) in [5.41, 5.74) is 1.04. The van der Waals surface area contributed by atoms with Gasteiger partial charge in [0.1, 0.15) is 21.9 Å². The Morgan fingerprint density at radius 3 is 2.41 bits per heavy atom. The Hall–Kier alpha value is -2.52. The Bertz CT molecular complexity index is 1060. The molecule has 1 aromatic carbocycles. The molecule has 8 nitrogen and oxygen atoms in total. The molecule has 182 valence electrons. The van der Waals surface area contributed by atoms with Crippen molar-refractivity contribution in [1.29, 1.82) is 0 Å². The number of allylic oxidation sites excluding steroid dienone is 1. The Balaban J connectivity index is 1.39. The van der Waals surface area contributed by atoms with Crippen molar-refractivity contribution in [3.05, 3.63) is 34.2 Å². The summed E-state index contributed by atoms with van der Waals surface area (Å²) in [5, 5.41) is 0. The number of ether oxygens (including phenoxy) is 3. The summed E-state index contributed by atoms with van der Waals surface area (Å²) < 4.78 is 17.6. The molecule has 0 unspecified atom stereocenters. The number of carbonyl (C=O) groups excluding carboxylic acids is 3. The summed E-state index contributed by atoms with van der Waals surface area (Å²) in [6.07, 6.45) is 0.956. The van der Waals surface area contributed by atoms with Crippen molar-refractivity contribution >= 4 is 40.9 Å². The van der Waals surface area contributed by atoms with Crippen LogP contribution in [0.1, 0.15) is 49.5 Å². The number of morpholine rings is 1. The van der Waals surface area contributed by atoms with Gasteiger partial charge < -0.3 is 24.0 Å². The van der Waals surface area contributed by atoms with E-state index in [2.05, 4.69) is 4.90 Å². The molecule has 1 amide bonds. The van der Waals surface area contributed by atoms with Gasteiger partial charge >= 0.3 is 6.09 Å². The SMILES string of the molecule is CC(C)(C)OC(=O)N1CCC2(CC1)CSC1=C(O2)c2cc(N3CCOCC3)ccc2C(=O)C1=O. The number of hydrogen-bond donors (Lipinski definition) is 0. The standard InChI is InChI=1S/C25H30N2O6S/c1-24(2,3)33-23(30)27-8-6-25(7-9-27)15-34-22-20(29)19(28)17-5-4-16(14-18(17)21(22)32-25)26-10-12-31-13-11-26/h4-5,14H,6-13,15H2,1-3H3. The van der Waals surface area contributed by atoms with E-state index in [4.69, 9.17) is 14.2 Å². The highest BCUT2D eigenvalue weighted by Gasteiger charge is 2.47. The molecule has 5 rings (SSSR count). The lowest BCUT2D eigenvalue weighted by Gasteiger charge is -2.45. The fraction of sp³-hybridized carbons (Fsp3) is 0.560. The Morgan fingerprint density at radius 1 is 1.03 bits per heavy atom. The Morgan fingerprint density at radius 2 is 1.74 bits per heavy atom. The van der Waals surface area contributed by atoms with Crippen molar-refractivity contribution in [3.8, 4) is 0 Å². The van der Waals surface area contributed by atoms with Gasteiger partial charge in [0.2, 0.25) is 11.6 Å². The van der Waals surface area contributed by atoms with E-state index in [0.29, 0.717) is 66.7 Å². The maximum absolute atomic E-state index is 12.8. The minimum Gasteiger partial charge on any atom is -0.484 e. The molecule has 1 aliphatic carbocycles. The molecule has 0 atom stereocenters. The molecule has 1 aromatic rings. The van der Waals surface area contributed by atoms with E-state index >= 15 is 0 Å². The molecule has 1 spiro atoms. The van der Waals surface area contributed by atoms with Gasteiger partial charge in [-0.05, 0) is 39.0 Å². The number of Topliss-reactive ketones (excluding diaryl/α,β-unsaturated/α-hetero) is 2. The number of piperidine rings is 1. The molecule has 0 saturated carbocycles. The van der Waals surface area contributed by atoms with E-state index in [1.165, 1.54) is 11.8 Å². The zero-order chi connectivity index (χ0) is 24.1. The number of carbonyl (C=O) groups is 3. The van der Waals surface area contributed by atoms with Crippen LogP contribution in [0.3, 0.4) is 0 Å². The van der Waals surface area contributed by atoms with Crippen LogP contribution in [-0.4, -0.2) is 78.9 Å². The Labute approximate surface area is 203 Å². The molecular formula is C25H30N2O6S. The van der Waals surface area contributed by atoms with Crippen LogP contribution in [0.25, 0.3) is 5.76 Å². The zero-order valence-corrected chi connectivity index (χ0v) is 20.7. The first-order chi connectivity index (χ1) is 16.2. The van der Waals surface area contributed by atoms with Crippen LogP contribution in [0, 0.1) is 0 Å². The van der Waals surface area contributed by atoms with E-state index in [-0.39, 0.29) is 6.09 Å². The third-order valence-corrected chi connectivity index (χ3v) is 7.94. The van der Waals surface area contributed by atoms with Gasteiger partial charge in [0.05, 0.1) is 13.2 Å². The number of fused-ring (bicyclic) bond motifs is 2. The van der Waals surface area contributed by atoms with Gasteiger partial charge in [0.25, 0.3) is 0 Å². The number of nitrogens with zero attached hydrogens (tertiary/aromatic N) is 2. The minimum atomic E-state index is -0.542. The minimum absolute atomic E-state index is 0.315. The van der Waals surface area contributed by atoms with E-state index in [0.717, 1.165) is 18.8 Å². The van der Waals surface area contributed by atoms with Crippen LogP contribution in [0.2, 0.25) is 0 Å². The van der Waals surface area contributed by atoms with Crippen molar-refractivity contribution in [3.63, 3.8) is 0 Å². The smallest absolute Gasteiger partial charge is 0.410 e. The maximum atomic E-state index is 12.8. The first kappa shape index (κ1) is 23.2. The molecule has 0 radical (unpaired) electrons. The summed E-state index contributed by atoms with van der Waals surface area (Å²) in [4.78, 5) is 42.5. The molecule has 0 bridgehead atoms. The van der Waals surface area contributed by atoms with Crippen molar-refractivity contribution in [1.82, 2.24) is 4.90 Å². The highest BCUT2D eigenvalue weighted by atomic mass is 32.2. The predicted octanol–water partition coefficient (Wildman–Crippen LogP) is 3.49. The third-order valence-electron chi connectivity index (χ3n) is 6.61. The van der Waals surface area contributed by atoms with Gasteiger partial charge in [-0.1, -0.05) is 0 Å². The molecule has 3 heterocycles. The molecular weight excluding hydrogens is 456 g/mol. The lowest BCUT2D eigenvalue weighted by atomic mass is 9.89. The molecule has 0 N–H and O–H groups in total. The molecule has 34 heavy (non-hydrogen) atoms. The monoisotopic (exact) mass is 486 g/mol. The lowest BCUT2D eigenvalue weighted by Crippen LogP contribution is -2.51. The topological polar surface area (TPSA) is 85.4 Å². The molecule has 3 aliphatic heterocycles. The fourth-order valence-corrected chi connectivity index (χ4v) is 6.00. The van der Waals surface area contributed by atoms with Gasteiger partial charge in [0, 0.05) is 61.6 Å². The number of anilines is 1. The summed E-state index contributed by atoms with van der Waals surface area (Å²) in [6.45, 7) is 9.48. The van der Waals surface area contributed by atoms with Crippen molar-refractivity contribution in [2.75, 3.05) is 50.0 Å². The first-order valence-corrected chi connectivity index (χ1v) is 12.7. The van der Waals surface area contributed by atoms with Gasteiger partial charge in [-0.25, -0.2) is 4.79 Å².